The van der Waals surface area contributed by atoms with Gasteiger partial charge in [0.1, 0.15) is 0 Å². The molecular formula is C17H17N3. The van der Waals surface area contributed by atoms with Crippen molar-refractivity contribution in [2.75, 3.05) is 0 Å². The van der Waals surface area contributed by atoms with Crippen LogP contribution in [0, 0.1) is 0 Å². The second kappa shape index (κ2) is 5.80. The van der Waals surface area contributed by atoms with Crippen LogP contribution in [0.5, 0.6) is 0 Å². The summed E-state index contributed by atoms with van der Waals surface area (Å²) in [5.41, 5.74) is 3.49. The molecule has 2 aromatic heterocycles. The summed E-state index contributed by atoms with van der Waals surface area (Å²) in [5, 5.41) is 4.71. The zero-order valence-corrected chi connectivity index (χ0v) is 11.5. The van der Waals surface area contributed by atoms with Crippen LogP contribution in [-0.4, -0.2) is 9.97 Å². The van der Waals surface area contributed by atoms with Gasteiger partial charge in [-0.3, -0.25) is 9.97 Å². The van der Waals surface area contributed by atoms with E-state index in [9.17, 15) is 0 Å². The van der Waals surface area contributed by atoms with Gasteiger partial charge in [-0.25, -0.2) is 0 Å². The number of rotatable bonds is 4. The van der Waals surface area contributed by atoms with Crippen LogP contribution in [0.25, 0.3) is 10.9 Å². The van der Waals surface area contributed by atoms with Crippen molar-refractivity contribution in [3.63, 3.8) is 0 Å². The quantitative estimate of drug-likeness (QED) is 0.783. The molecule has 0 aliphatic carbocycles. The van der Waals surface area contributed by atoms with Crippen molar-refractivity contribution < 1.29 is 0 Å². The van der Waals surface area contributed by atoms with Gasteiger partial charge in [-0.05, 0) is 30.2 Å². The Morgan fingerprint density at radius 1 is 1.05 bits per heavy atom. The van der Waals surface area contributed by atoms with E-state index in [1.807, 2.05) is 24.5 Å². The highest BCUT2D eigenvalue weighted by Gasteiger charge is 2.06. The van der Waals surface area contributed by atoms with Gasteiger partial charge in [0.2, 0.25) is 0 Å². The number of aromatic nitrogens is 2. The highest BCUT2D eigenvalue weighted by atomic mass is 14.9. The van der Waals surface area contributed by atoms with Gasteiger partial charge in [-0.1, -0.05) is 30.3 Å². The van der Waals surface area contributed by atoms with Gasteiger partial charge in [0.05, 0.1) is 5.52 Å². The third kappa shape index (κ3) is 2.68. The summed E-state index contributed by atoms with van der Waals surface area (Å²) in [6.45, 7) is 2.94. The first-order valence-corrected chi connectivity index (χ1v) is 6.80. The fraction of sp³-hybridized carbons (Fsp3) is 0.176. The lowest BCUT2D eigenvalue weighted by molar-refractivity contribution is 0.574. The number of nitrogens with zero attached hydrogens (tertiary/aromatic N) is 2. The van der Waals surface area contributed by atoms with E-state index < -0.39 is 0 Å². The molecule has 0 aliphatic rings. The van der Waals surface area contributed by atoms with Crippen LogP contribution < -0.4 is 5.32 Å². The maximum atomic E-state index is 4.48. The minimum absolute atomic E-state index is 0.266. The second-order valence-corrected chi connectivity index (χ2v) is 4.88. The second-order valence-electron chi connectivity index (χ2n) is 4.88. The number of fused-ring (bicyclic) bond motifs is 1. The molecule has 1 aromatic carbocycles. The van der Waals surface area contributed by atoms with Crippen LogP contribution in [0.3, 0.4) is 0 Å². The summed E-state index contributed by atoms with van der Waals surface area (Å²) in [6.07, 6.45) is 5.54. The molecule has 20 heavy (non-hydrogen) atoms. The summed E-state index contributed by atoms with van der Waals surface area (Å²) in [4.78, 5) is 8.64. The average Bonchev–Trinajstić information content (AvgIpc) is 2.53. The predicted octanol–water partition coefficient (Wildman–Crippen LogP) is 3.48. The number of hydrogen-bond acceptors (Lipinski definition) is 3. The van der Waals surface area contributed by atoms with Gasteiger partial charge in [0.25, 0.3) is 0 Å². The van der Waals surface area contributed by atoms with Crippen molar-refractivity contribution in [3.05, 3.63) is 72.2 Å². The normalized spacial score (nSPS) is 12.4. The van der Waals surface area contributed by atoms with Crippen LogP contribution in [0.1, 0.15) is 24.1 Å². The summed E-state index contributed by atoms with van der Waals surface area (Å²) in [6, 6.07) is 14.7. The first kappa shape index (κ1) is 12.8. The van der Waals surface area contributed by atoms with Gasteiger partial charge in [-0.15, -0.1) is 0 Å². The minimum Gasteiger partial charge on any atom is -0.306 e. The van der Waals surface area contributed by atoms with Gasteiger partial charge < -0.3 is 5.32 Å². The van der Waals surface area contributed by atoms with Crippen molar-refractivity contribution in [3.8, 4) is 0 Å². The third-order valence-corrected chi connectivity index (χ3v) is 3.50. The zero-order valence-electron chi connectivity index (χ0n) is 11.5. The molecule has 3 nitrogen and oxygen atoms in total. The first-order valence-electron chi connectivity index (χ1n) is 6.80. The molecule has 2 heterocycles. The van der Waals surface area contributed by atoms with Crippen molar-refractivity contribution in [2.45, 2.75) is 19.5 Å². The van der Waals surface area contributed by atoms with E-state index in [2.05, 4.69) is 52.5 Å². The molecule has 0 saturated carbocycles. The topological polar surface area (TPSA) is 37.8 Å². The van der Waals surface area contributed by atoms with Gasteiger partial charge in [-0.2, -0.15) is 0 Å². The van der Waals surface area contributed by atoms with Gasteiger partial charge in [0, 0.05) is 36.6 Å². The van der Waals surface area contributed by atoms with E-state index >= 15 is 0 Å². The molecule has 3 rings (SSSR count). The van der Waals surface area contributed by atoms with Crippen LogP contribution in [-0.2, 0) is 6.54 Å². The van der Waals surface area contributed by atoms with Crippen molar-refractivity contribution in [1.82, 2.24) is 15.3 Å². The molecule has 0 unspecified atom stereocenters. The lowest BCUT2D eigenvalue weighted by Crippen LogP contribution is -2.18. The maximum absolute atomic E-state index is 4.48. The Morgan fingerprint density at radius 2 is 1.90 bits per heavy atom. The first-order chi connectivity index (χ1) is 9.84. The van der Waals surface area contributed by atoms with Gasteiger partial charge in [0.15, 0.2) is 0 Å². The monoisotopic (exact) mass is 263 g/mol. The van der Waals surface area contributed by atoms with Crippen molar-refractivity contribution >= 4 is 10.9 Å². The smallest absolute Gasteiger partial charge is 0.0746 e. The Hall–Kier alpha value is -2.26. The largest absolute Gasteiger partial charge is 0.306 e. The van der Waals surface area contributed by atoms with E-state index in [4.69, 9.17) is 0 Å². The molecule has 0 saturated heterocycles. The molecule has 1 N–H and O–H groups in total. The molecule has 1 atom stereocenters. The van der Waals surface area contributed by atoms with Crippen LogP contribution in [0.15, 0.2) is 61.1 Å². The van der Waals surface area contributed by atoms with E-state index in [1.165, 1.54) is 16.5 Å². The highest BCUT2D eigenvalue weighted by molar-refractivity contribution is 5.81. The van der Waals surface area contributed by atoms with Crippen molar-refractivity contribution in [2.24, 2.45) is 0 Å². The Bertz CT molecular complexity index is 689. The van der Waals surface area contributed by atoms with Crippen LogP contribution >= 0.6 is 0 Å². The molecule has 100 valence electrons. The molecule has 0 fully saturated rings. The number of benzene rings is 1. The Kier molecular flexibility index (Phi) is 3.70. The summed E-state index contributed by atoms with van der Waals surface area (Å²) in [7, 11) is 0. The third-order valence-electron chi connectivity index (χ3n) is 3.50. The summed E-state index contributed by atoms with van der Waals surface area (Å²) < 4.78 is 0. The van der Waals surface area contributed by atoms with Gasteiger partial charge >= 0.3 is 0 Å². The van der Waals surface area contributed by atoms with E-state index in [0.29, 0.717) is 0 Å². The molecule has 0 amide bonds. The minimum atomic E-state index is 0.266. The Morgan fingerprint density at radius 3 is 2.75 bits per heavy atom. The van der Waals surface area contributed by atoms with E-state index in [0.717, 1.165) is 12.1 Å². The number of pyridine rings is 2. The molecule has 3 heteroatoms. The Labute approximate surface area is 118 Å². The molecule has 0 spiro atoms. The zero-order chi connectivity index (χ0) is 13.8. The molecule has 0 bridgehead atoms. The highest BCUT2D eigenvalue weighted by Crippen LogP contribution is 2.17. The van der Waals surface area contributed by atoms with Crippen LogP contribution in [0.2, 0.25) is 0 Å². The summed E-state index contributed by atoms with van der Waals surface area (Å²) >= 11 is 0. The molecule has 0 aliphatic heterocycles. The molecule has 0 radical (unpaired) electrons. The predicted molar refractivity (Wildman–Crippen MR) is 81.2 cm³/mol. The van der Waals surface area contributed by atoms with E-state index in [1.54, 1.807) is 6.20 Å². The lowest BCUT2D eigenvalue weighted by Gasteiger charge is -2.14. The number of nitrogens with one attached hydrogen (secondary N) is 1. The summed E-state index contributed by atoms with van der Waals surface area (Å²) in [5.74, 6) is 0. The van der Waals surface area contributed by atoms with E-state index in [-0.39, 0.29) is 6.04 Å². The lowest BCUT2D eigenvalue weighted by atomic mass is 10.1. The number of para-hydroxylation sites is 1. The fourth-order valence-electron chi connectivity index (χ4n) is 2.32. The van der Waals surface area contributed by atoms with Crippen LogP contribution in [0.4, 0.5) is 0 Å². The van der Waals surface area contributed by atoms with Crippen molar-refractivity contribution in [1.29, 1.82) is 0 Å². The Balaban J connectivity index is 1.77. The standard InChI is InChI=1S/C17H17N3/c1-13(15-8-3-9-18-11-15)20-12-16-6-2-5-14-7-4-10-19-17(14)16/h2-11,13,20H,12H2,1H3/t13-/m0/s1. The average molecular weight is 263 g/mol. The maximum Gasteiger partial charge on any atom is 0.0746 e. The number of hydrogen-bond donors (Lipinski definition) is 1. The fourth-order valence-corrected chi connectivity index (χ4v) is 2.32. The molecular weight excluding hydrogens is 246 g/mol. The molecule has 3 aromatic rings. The SMILES string of the molecule is C[C@H](NCc1cccc2cccnc12)c1cccnc1.